The summed E-state index contributed by atoms with van der Waals surface area (Å²) in [5, 5.41) is 3.13. The Morgan fingerprint density at radius 2 is 1.33 bits per heavy atom. The van der Waals surface area contributed by atoms with E-state index in [0.29, 0.717) is 0 Å². The summed E-state index contributed by atoms with van der Waals surface area (Å²) in [6, 6.07) is 17.8. The van der Waals surface area contributed by atoms with Crippen molar-refractivity contribution in [3.05, 3.63) is 54.1 Å². The Hall–Kier alpha value is -1.33. The average Bonchev–Trinajstić information content (AvgIpc) is 2.46. The molecule has 0 aliphatic heterocycles. The molecule has 0 unspecified atom stereocenters. The van der Waals surface area contributed by atoms with Crippen molar-refractivity contribution in [2.45, 2.75) is 58.9 Å². The molecule has 2 aromatic rings. The fourth-order valence-electron chi connectivity index (χ4n) is 2.60. The smallest absolute Gasteiger partial charge is 0.250 e. The summed E-state index contributed by atoms with van der Waals surface area (Å²) in [6.45, 7) is 18.5. The largest absolute Gasteiger partial charge is 0.544 e. The molecule has 0 saturated heterocycles. The highest BCUT2D eigenvalue weighted by molar-refractivity contribution is 7.00. The normalized spacial score (nSPS) is 13.0. The maximum absolute atomic E-state index is 6.52. The van der Waals surface area contributed by atoms with Gasteiger partial charge in [0.1, 0.15) is 13.8 Å². The van der Waals surface area contributed by atoms with Gasteiger partial charge in [-0.1, -0.05) is 86.2 Å². The highest BCUT2D eigenvalue weighted by Crippen LogP contribution is 2.37. The molecule has 3 heteroatoms. The van der Waals surface area contributed by atoms with Crippen LogP contribution in [0, 0.1) is 6.92 Å². The van der Waals surface area contributed by atoms with Gasteiger partial charge in [0.15, 0.2) is 0 Å². The van der Waals surface area contributed by atoms with Crippen LogP contribution in [0.3, 0.4) is 0 Å². The van der Waals surface area contributed by atoms with E-state index in [0.717, 1.165) is 5.75 Å². The molecular weight excluding hydrogens is 324 g/mol. The van der Waals surface area contributed by atoms with Crippen molar-refractivity contribution in [2.75, 3.05) is 0 Å². The van der Waals surface area contributed by atoms with Crippen molar-refractivity contribution >= 4 is 26.8 Å². The Kier molecular flexibility index (Phi) is 5.17. The summed E-state index contributed by atoms with van der Waals surface area (Å²) in [6.07, 6.45) is 0. The van der Waals surface area contributed by atoms with Gasteiger partial charge in [-0.25, -0.2) is 0 Å². The predicted molar refractivity (Wildman–Crippen MR) is 112 cm³/mol. The summed E-state index contributed by atoms with van der Waals surface area (Å²) < 4.78 is 6.52. The first-order valence-corrected chi connectivity index (χ1v) is 14.7. The van der Waals surface area contributed by atoms with Crippen LogP contribution in [0.15, 0.2) is 48.5 Å². The third kappa shape index (κ3) is 4.01. The summed E-state index contributed by atoms with van der Waals surface area (Å²) in [5.41, 5.74) is 1.33. The molecule has 130 valence electrons. The Morgan fingerprint density at radius 1 is 0.792 bits per heavy atom. The van der Waals surface area contributed by atoms with E-state index in [4.69, 9.17) is 4.43 Å². The summed E-state index contributed by atoms with van der Waals surface area (Å²) >= 11 is 0. The quantitative estimate of drug-likeness (QED) is 0.684. The van der Waals surface area contributed by atoms with Crippen LogP contribution in [-0.4, -0.2) is 16.4 Å². The fourth-order valence-corrected chi connectivity index (χ4v) is 6.07. The lowest BCUT2D eigenvalue weighted by molar-refractivity contribution is 0.492. The summed E-state index contributed by atoms with van der Waals surface area (Å²) in [7, 11) is -3.50. The number of aryl methyl sites for hydroxylation is 1. The van der Waals surface area contributed by atoms with E-state index in [1.54, 1.807) is 0 Å². The van der Waals surface area contributed by atoms with Crippen molar-refractivity contribution in [3.63, 3.8) is 0 Å². The lowest BCUT2D eigenvalue weighted by atomic mass is 10.2. The van der Waals surface area contributed by atoms with Crippen LogP contribution in [0.5, 0.6) is 5.75 Å². The van der Waals surface area contributed by atoms with Gasteiger partial charge in [-0.3, -0.25) is 0 Å². The Labute approximate surface area is 150 Å². The standard InChI is InChI=1S/C21H32OSi2/c1-17-11-9-13-19(15-17)23(5,6)20-14-10-12-18(16-20)22-24(7,8)21(2,3)4/h9-16H,1-8H3. The summed E-state index contributed by atoms with van der Waals surface area (Å²) in [4.78, 5) is 0. The van der Waals surface area contributed by atoms with Crippen LogP contribution in [0.1, 0.15) is 26.3 Å². The van der Waals surface area contributed by atoms with Crippen LogP contribution in [-0.2, 0) is 0 Å². The molecule has 1 nitrogen and oxygen atoms in total. The summed E-state index contributed by atoms with van der Waals surface area (Å²) in [5.74, 6) is 1.03. The van der Waals surface area contributed by atoms with E-state index < -0.39 is 16.4 Å². The first-order chi connectivity index (χ1) is 10.9. The van der Waals surface area contributed by atoms with Crippen LogP contribution in [0.2, 0.25) is 31.2 Å². The van der Waals surface area contributed by atoms with E-state index in [2.05, 4.69) is 102 Å². The van der Waals surface area contributed by atoms with Gasteiger partial charge in [0, 0.05) is 0 Å². The van der Waals surface area contributed by atoms with E-state index in [1.807, 2.05) is 0 Å². The van der Waals surface area contributed by atoms with Crippen LogP contribution in [0.25, 0.3) is 0 Å². The molecule has 2 rings (SSSR count). The molecule has 0 aliphatic rings. The van der Waals surface area contributed by atoms with E-state index in [-0.39, 0.29) is 5.04 Å². The number of benzene rings is 2. The predicted octanol–water partition coefficient (Wildman–Crippen LogP) is 5.20. The van der Waals surface area contributed by atoms with Crippen LogP contribution < -0.4 is 14.8 Å². The number of hydrogen-bond donors (Lipinski definition) is 0. The highest BCUT2D eigenvalue weighted by atomic mass is 28.4. The minimum absolute atomic E-state index is 0.215. The maximum atomic E-state index is 6.52. The van der Waals surface area contributed by atoms with Crippen molar-refractivity contribution in [1.29, 1.82) is 0 Å². The topological polar surface area (TPSA) is 9.23 Å². The van der Waals surface area contributed by atoms with E-state index in [9.17, 15) is 0 Å². The zero-order chi connectivity index (χ0) is 18.2. The second kappa shape index (κ2) is 6.53. The molecule has 0 bridgehead atoms. The third-order valence-corrected chi connectivity index (χ3v) is 13.3. The van der Waals surface area contributed by atoms with Gasteiger partial charge in [0.05, 0.1) is 0 Å². The molecule has 0 N–H and O–H groups in total. The molecule has 0 aliphatic carbocycles. The molecule has 24 heavy (non-hydrogen) atoms. The molecule has 0 fully saturated rings. The van der Waals surface area contributed by atoms with Crippen molar-refractivity contribution in [2.24, 2.45) is 0 Å². The maximum Gasteiger partial charge on any atom is 0.250 e. The lowest BCUT2D eigenvalue weighted by Crippen LogP contribution is -2.53. The van der Waals surface area contributed by atoms with Crippen molar-refractivity contribution in [3.8, 4) is 5.75 Å². The van der Waals surface area contributed by atoms with Gasteiger partial charge in [0.25, 0.3) is 0 Å². The molecule has 2 aromatic carbocycles. The first kappa shape index (κ1) is 19.0. The van der Waals surface area contributed by atoms with Gasteiger partial charge in [-0.05, 0) is 37.2 Å². The third-order valence-electron chi connectivity index (χ3n) is 5.47. The van der Waals surface area contributed by atoms with E-state index >= 15 is 0 Å². The Morgan fingerprint density at radius 3 is 1.88 bits per heavy atom. The molecule has 0 spiro atoms. The molecule has 0 saturated carbocycles. The van der Waals surface area contributed by atoms with Crippen molar-refractivity contribution < 1.29 is 4.43 Å². The zero-order valence-corrected chi connectivity index (χ0v) is 18.5. The van der Waals surface area contributed by atoms with Gasteiger partial charge in [0.2, 0.25) is 8.32 Å². The minimum atomic E-state index is -1.80. The molecular formula is C21H32OSi2. The second-order valence-electron chi connectivity index (χ2n) is 8.88. The average molecular weight is 357 g/mol. The lowest BCUT2D eigenvalue weighted by Gasteiger charge is -2.36. The SMILES string of the molecule is Cc1cccc([Si](C)(C)c2cccc(O[Si](C)(C)C(C)(C)C)c2)c1. The van der Waals surface area contributed by atoms with Gasteiger partial charge in [-0.15, -0.1) is 0 Å². The zero-order valence-electron chi connectivity index (χ0n) is 16.5. The van der Waals surface area contributed by atoms with Crippen LogP contribution in [0.4, 0.5) is 0 Å². The fraction of sp³-hybridized carbons (Fsp3) is 0.429. The Bertz CT molecular complexity index is 712. The first-order valence-electron chi connectivity index (χ1n) is 8.80. The minimum Gasteiger partial charge on any atom is -0.544 e. The number of rotatable bonds is 4. The second-order valence-corrected chi connectivity index (χ2v) is 18.0. The van der Waals surface area contributed by atoms with Crippen LogP contribution >= 0.6 is 0 Å². The highest BCUT2D eigenvalue weighted by Gasteiger charge is 2.39. The molecule has 0 heterocycles. The molecule has 0 atom stereocenters. The van der Waals surface area contributed by atoms with Gasteiger partial charge >= 0.3 is 0 Å². The Balaban J connectivity index is 2.37. The molecule has 0 amide bonds. The molecule has 0 radical (unpaired) electrons. The van der Waals surface area contributed by atoms with Crippen molar-refractivity contribution in [1.82, 2.24) is 0 Å². The number of hydrogen-bond acceptors (Lipinski definition) is 1. The van der Waals surface area contributed by atoms with E-state index in [1.165, 1.54) is 15.9 Å². The van der Waals surface area contributed by atoms with Gasteiger partial charge in [-0.2, -0.15) is 0 Å². The molecule has 0 aromatic heterocycles. The monoisotopic (exact) mass is 356 g/mol. The van der Waals surface area contributed by atoms with Gasteiger partial charge < -0.3 is 4.43 Å².